The molecule has 4 aromatic rings. The van der Waals surface area contributed by atoms with Gasteiger partial charge in [0.1, 0.15) is 17.4 Å². The topological polar surface area (TPSA) is 65.7 Å². The number of aromatic nitrogens is 3. The predicted molar refractivity (Wildman–Crippen MR) is 108 cm³/mol. The highest BCUT2D eigenvalue weighted by atomic mass is 35.5. The number of aliphatic hydroxyl groups excluding tert-OH is 1. The maximum Gasteiger partial charge on any atom is 0.173 e. The van der Waals surface area contributed by atoms with Crippen molar-refractivity contribution in [3.05, 3.63) is 96.1 Å². The lowest BCUT2D eigenvalue weighted by Crippen LogP contribution is -3.00. The summed E-state index contributed by atoms with van der Waals surface area (Å²) < 4.78 is 3.84. The summed E-state index contributed by atoms with van der Waals surface area (Å²) in [7, 11) is 1.84. The van der Waals surface area contributed by atoms with E-state index in [0.717, 1.165) is 17.6 Å². The van der Waals surface area contributed by atoms with E-state index >= 15 is 0 Å². The first-order chi connectivity index (χ1) is 13.7. The molecule has 2 heterocycles. The highest BCUT2D eigenvalue weighted by Crippen LogP contribution is 2.25. The lowest BCUT2D eigenvalue weighted by atomic mass is 10.1. The van der Waals surface area contributed by atoms with Gasteiger partial charge in [-0.1, -0.05) is 42.5 Å². The molecule has 144 valence electrons. The van der Waals surface area contributed by atoms with Gasteiger partial charge in [0.05, 0.1) is 11.0 Å². The Hall–Kier alpha value is -3.62. The first-order valence-corrected chi connectivity index (χ1v) is 8.96. The molecule has 5 nitrogen and oxygen atoms in total. The Morgan fingerprint density at radius 1 is 1.03 bits per heavy atom. The van der Waals surface area contributed by atoms with Crippen LogP contribution in [0, 0.1) is 11.3 Å². The molecule has 0 amide bonds. The number of imidazole rings is 1. The molecule has 0 aliphatic rings. The lowest BCUT2D eigenvalue weighted by molar-refractivity contribution is -0.688. The smallest absolute Gasteiger partial charge is 0.173 e. The van der Waals surface area contributed by atoms with Crippen molar-refractivity contribution in [2.45, 2.75) is 6.54 Å². The molecule has 0 saturated heterocycles. The summed E-state index contributed by atoms with van der Waals surface area (Å²) in [5, 5.41) is 20.4. The van der Waals surface area contributed by atoms with Crippen molar-refractivity contribution in [1.82, 2.24) is 9.55 Å². The molecule has 0 atom stereocenters. The molecular formula is C23H19ClN4O. The third-order valence-corrected chi connectivity index (χ3v) is 4.73. The Morgan fingerprint density at radius 3 is 2.34 bits per heavy atom. The minimum absolute atomic E-state index is 0. The van der Waals surface area contributed by atoms with Gasteiger partial charge in [0.15, 0.2) is 24.8 Å². The van der Waals surface area contributed by atoms with Crippen LogP contribution < -0.4 is 17.0 Å². The van der Waals surface area contributed by atoms with E-state index in [0.29, 0.717) is 11.4 Å². The number of nitriles is 1. The predicted octanol–water partition coefficient (Wildman–Crippen LogP) is 0.863. The third kappa shape index (κ3) is 3.98. The van der Waals surface area contributed by atoms with E-state index in [-0.39, 0.29) is 23.7 Å². The summed E-state index contributed by atoms with van der Waals surface area (Å²) in [6.45, 7) is 0.738. The maximum atomic E-state index is 10.8. The first kappa shape index (κ1) is 20.1. The van der Waals surface area contributed by atoms with Crippen molar-refractivity contribution >= 4 is 22.4 Å². The molecule has 0 unspecified atom stereocenters. The number of aryl methyl sites for hydroxylation is 1. The fourth-order valence-electron chi connectivity index (χ4n) is 3.24. The van der Waals surface area contributed by atoms with Gasteiger partial charge >= 0.3 is 0 Å². The fraction of sp³-hybridized carbons (Fsp3) is 0.0870. The van der Waals surface area contributed by atoms with Crippen molar-refractivity contribution < 1.29 is 22.1 Å². The number of hydrogen-bond donors (Lipinski definition) is 1. The number of aliphatic hydroxyl groups is 1. The molecule has 0 fully saturated rings. The molecule has 0 radical (unpaired) electrons. The van der Waals surface area contributed by atoms with Crippen LogP contribution in [0.5, 0.6) is 0 Å². The van der Waals surface area contributed by atoms with Crippen LogP contribution in [0.1, 0.15) is 17.0 Å². The zero-order chi connectivity index (χ0) is 19.5. The Kier molecular flexibility index (Phi) is 5.96. The number of fused-ring (bicyclic) bond motifs is 1. The third-order valence-electron chi connectivity index (χ3n) is 4.73. The number of nitrogens with zero attached hydrogens (tertiary/aromatic N) is 4. The Labute approximate surface area is 175 Å². The zero-order valence-corrected chi connectivity index (χ0v) is 16.6. The Bertz CT molecular complexity index is 1210. The molecule has 0 aliphatic heterocycles. The van der Waals surface area contributed by atoms with Crippen molar-refractivity contribution in [3.63, 3.8) is 0 Å². The molecule has 0 bridgehead atoms. The number of para-hydroxylation sites is 2. The lowest BCUT2D eigenvalue weighted by Gasteiger charge is -2.05. The van der Waals surface area contributed by atoms with Gasteiger partial charge in [-0.05, 0) is 12.1 Å². The summed E-state index contributed by atoms with van der Waals surface area (Å²) in [4.78, 5) is 4.52. The van der Waals surface area contributed by atoms with Crippen molar-refractivity contribution in [1.29, 1.82) is 5.26 Å². The van der Waals surface area contributed by atoms with Gasteiger partial charge < -0.3 is 22.1 Å². The maximum absolute atomic E-state index is 10.8. The van der Waals surface area contributed by atoms with E-state index in [1.54, 1.807) is 12.1 Å². The Balaban J connectivity index is 0.00000240. The summed E-state index contributed by atoms with van der Waals surface area (Å²) in [6, 6.07) is 23.5. The normalized spacial score (nSPS) is 11.4. The van der Waals surface area contributed by atoms with E-state index in [1.807, 2.05) is 71.0 Å². The van der Waals surface area contributed by atoms with Crippen LogP contribution in [-0.4, -0.2) is 14.7 Å². The average Bonchev–Trinajstić information content (AvgIpc) is 3.06. The van der Waals surface area contributed by atoms with Gasteiger partial charge in [-0.15, -0.1) is 0 Å². The number of benzene rings is 2. The van der Waals surface area contributed by atoms with Gasteiger partial charge in [0.25, 0.3) is 0 Å². The largest absolute Gasteiger partial charge is 1.00 e. The second kappa shape index (κ2) is 8.59. The SMILES string of the molecule is Cn1c(/C(C#N)=C(/O)c2cc[n+](Cc3ccccc3)cc2)nc2ccccc21.[Cl-]. The monoisotopic (exact) mass is 402 g/mol. The molecule has 0 spiro atoms. The second-order valence-electron chi connectivity index (χ2n) is 6.56. The highest BCUT2D eigenvalue weighted by Gasteiger charge is 2.18. The highest BCUT2D eigenvalue weighted by molar-refractivity contribution is 5.94. The summed E-state index contributed by atoms with van der Waals surface area (Å²) in [5.41, 5.74) is 3.62. The minimum atomic E-state index is -0.0761. The molecule has 2 aromatic carbocycles. The minimum Gasteiger partial charge on any atom is -1.00 e. The van der Waals surface area contributed by atoms with Crippen LogP contribution in [-0.2, 0) is 13.6 Å². The van der Waals surface area contributed by atoms with Gasteiger partial charge in [-0.2, -0.15) is 5.26 Å². The van der Waals surface area contributed by atoms with Crippen LogP contribution in [0.3, 0.4) is 0 Å². The quantitative estimate of drug-likeness (QED) is 0.313. The van der Waals surface area contributed by atoms with Crippen LogP contribution in [0.25, 0.3) is 22.4 Å². The summed E-state index contributed by atoms with van der Waals surface area (Å²) in [5.74, 6) is 0.370. The molecule has 0 saturated carbocycles. The molecule has 2 aromatic heterocycles. The molecule has 29 heavy (non-hydrogen) atoms. The van der Waals surface area contributed by atoms with E-state index in [2.05, 4.69) is 23.2 Å². The van der Waals surface area contributed by atoms with E-state index < -0.39 is 0 Å². The summed E-state index contributed by atoms with van der Waals surface area (Å²) >= 11 is 0. The number of halogens is 1. The second-order valence-corrected chi connectivity index (χ2v) is 6.56. The molecule has 1 N–H and O–H groups in total. The standard InChI is InChI=1S/C23H18N4O.ClH/c1-26-21-10-6-5-9-20(21)25-23(26)19(15-24)22(28)18-11-13-27(14-12-18)16-17-7-3-2-4-8-17;/h2-14H,16H2,1H3;1H. The van der Waals surface area contributed by atoms with Crippen molar-refractivity contribution in [2.24, 2.45) is 7.05 Å². The van der Waals surface area contributed by atoms with Crippen molar-refractivity contribution in [3.8, 4) is 6.07 Å². The summed E-state index contributed by atoms with van der Waals surface area (Å²) in [6.07, 6.45) is 3.78. The van der Waals surface area contributed by atoms with Gasteiger partial charge in [-0.3, -0.25) is 0 Å². The molecule has 6 heteroatoms. The number of allylic oxidation sites excluding steroid dienone is 1. The van der Waals surface area contributed by atoms with E-state index in [4.69, 9.17) is 0 Å². The van der Waals surface area contributed by atoms with Crippen LogP contribution in [0.4, 0.5) is 0 Å². The fourth-order valence-corrected chi connectivity index (χ4v) is 3.24. The van der Waals surface area contributed by atoms with Gasteiger partial charge in [0, 0.05) is 30.3 Å². The molecule has 4 rings (SSSR count). The van der Waals surface area contributed by atoms with Crippen LogP contribution >= 0.6 is 0 Å². The van der Waals surface area contributed by atoms with Crippen LogP contribution in [0.2, 0.25) is 0 Å². The van der Waals surface area contributed by atoms with Gasteiger partial charge in [0.2, 0.25) is 0 Å². The number of pyridine rings is 1. The number of hydrogen-bond acceptors (Lipinski definition) is 3. The molecular weight excluding hydrogens is 384 g/mol. The van der Waals surface area contributed by atoms with E-state index in [1.165, 1.54) is 5.56 Å². The Morgan fingerprint density at radius 2 is 1.69 bits per heavy atom. The molecule has 0 aliphatic carbocycles. The first-order valence-electron chi connectivity index (χ1n) is 8.96. The number of rotatable bonds is 4. The van der Waals surface area contributed by atoms with Gasteiger partial charge in [-0.25, -0.2) is 9.55 Å². The average molecular weight is 403 g/mol. The van der Waals surface area contributed by atoms with Crippen molar-refractivity contribution in [2.75, 3.05) is 0 Å². The zero-order valence-electron chi connectivity index (χ0n) is 15.8. The van der Waals surface area contributed by atoms with Crippen LogP contribution in [0.15, 0.2) is 79.1 Å². The van der Waals surface area contributed by atoms with E-state index in [9.17, 15) is 10.4 Å².